The maximum atomic E-state index is 14.5. The van der Waals surface area contributed by atoms with E-state index >= 15 is 0 Å². The summed E-state index contributed by atoms with van der Waals surface area (Å²) in [5.41, 5.74) is -2.80. The largest absolute Gasteiger partial charge is 0.408 e. The van der Waals surface area contributed by atoms with Crippen molar-refractivity contribution in [2.75, 3.05) is 0 Å². The highest BCUT2D eigenvalue weighted by Gasteiger charge is 2.49. The minimum atomic E-state index is -4.76. The molecule has 2 aromatic heterocycles. The molecule has 32 heavy (non-hydrogen) atoms. The normalized spacial score (nSPS) is 15.1. The maximum Gasteiger partial charge on any atom is 0.408 e. The molecule has 1 aromatic carbocycles. The highest BCUT2D eigenvalue weighted by Crippen LogP contribution is 2.40. The summed E-state index contributed by atoms with van der Waals surface area (Å²) in [5, 5.41) is 0.811. The van der Waals surface area contributed by atoms with Crippen molar-refractivity contribution in [1.82, 2.24) is 14.9 Å². The Hall–Kier alpha value is -3.08. The van der Waals surface area contributed by atoms with E-state index in [1.54, 1.807) is 5.32 Å². The summed E-state index contributed by atoms with van der Waals surface area (Å²) >= 11 is 5.94. The van der Waals surface area contributed by atoms with Gasteiger partial charge in [0, 0.05) is 12.3 Å². The van der Waals surface area contributed by atoms with Gasteiger partial charge in [0.15, 0.2) is 5.82 Å². The molecule has 1 atom stereocenters. The standard InChI is InChI=1S/C20H12ClF6N3O2/c21-13-4-9(22)5-14(24)15(13)30-7-12(16(31)11-3-10(23)6-28-18(11)30)19(32)29-17(8-1-2-8)20(25,26)27/h3-8,17H,1-2H2,(H,29,32)/t17-/m0/s1. The topological polar surface area (TPSA) is 64.0 Å². The number of amides is 1. The van der Waals surface area contributed by atoms with E-state index in [4.69, 9.17) is 11.6 Å². The van der Waals surface area contributed by atoms with Gasteiger partial charge >= 0.3 is 6.18 Å². The van der Waals surface area contributed by atoms with Gasteiger partial charge in [-0.25, -0.2) is 18.2 Å². The van der Waals surface area contributed by atoms with Gasteiger partial charge in [-0.15, -0.1) is 0 Å². The van der Waals surface area contributed by atoms with Crippen LogP contribution in [-0.2, 0) is 0 Å². The van der Waals surface area contributed by atoms with Crippen LogP contribution in [0.1, 0.15) is 23.2 Å². The number of carbonyl (C=O) groups excluding carboxylic acids is 1. The first-order valence-electron chi connectivity index (χ1n) is 9.20. The number of hydrogen-bond acceptors (Lipinski definition) is 3. The maximum absolute atomic E-state index is 14.5. The second kappa shape index (κ2) is 7.80. The second-order valence-corrected chi connectivity index (χ2v) is 7.72. The first kappa shape index (κ1) is 22.1. The Morgan fingerprint density at radius 2 is 1.84 bits per heavy atom. The molecule has 5 nitrogen and oxygen atoms in total. The number of alkyl halides is 3. The Kier molecular flexibility index (Phi) is 5.40. The number of rotatable bonds is 4. The number of fused-ring (bicyclic) bond motifs is 1. The summed E-state index contributed by atoms with van der Waals surface area (Å²) in [5.74, 6) is -5.41. The van der Waals surface area contributed by atoms with Crippen LogP contribution in [0.15, 0.2) is 35.4 Å². The lowest BCUT2D eigenvalue weighted by Gasteiger charge is -2.21. The van der Waals surface area contributed by atoms with Crippen molar-refractivity contribution in [2.45, 2.75) is 25.1 Å². The van der Waals surface area contributed by atoms with Gasteiger partial charge in [0.25, 0.3) is 5.91 Å². The van der Waals surface area contributed by atoms with Crippen molar-refractivity contribution in [3.8, 4) is 5.69 Å². The molecule has 1 fully saturated rings. The van der Waals surface area contributed by atoms with Crippen molar-refractivity contribution >= 4 is 28.5 Å². The lowest BCUT2D eigenvalue weighted by atomic mass is 10.1. The average molecular weight is 476 g/mol. The molecule has 0 spiro atoms. The van der Waals surface area contributed by atoms with E-state index in [0.717, 1.165) is 16.8 Å². The molecule has 1 aliphatic rings. The molecule has 1 saturated carbocycles. The van der Waals surface area contributed by atoms with Crippen LogP contribution in [0.5, 0.6) is 0 Å². The van der Waals surface area contributed by atoms with Gasteiger partial charge < -0.3 is 5.32 Å². The second-order valence-electron chi connectivity index (χ2n) is 7.31. The quantitative estimate of drug-likeness (QED) is 0.564. The number of aromatic nitrogens is 2. The van der Waals surface area contributed by atoms with Gasteiger partial charge in [0.2, 0.25) is 5.43 Å². The lowest BCUT2D eigenvalue weighted by molar-refractivity contribution is -0.158. The Bertz CT molecular complexity index is 1280. The third-order valence-corrected chi connectivity index (χ3v) is 5.30. The third-order valence-electron chi connectivity index (χ3n) is 5.01. The minimum Gasteiger partial charge on any atom is -0.340 e. The Balaban J connectivity index is 1.92. The van der Waals surface area contributed by atoms with Crippen molar-refractivity contribution in [2.24, 2.45) is 5.92 Å². The fourth-order valence-electron chi connectivity index (χ4n) is 3.40. The van der Waals surface area contributed by atoms with Crippen molar-refractivity contribution in [3.63, 3.8) is 0 Å². The van der Waals surface area contributed by atoms with Crippen molar-refractivity contribution < 1.29 is 31.1 Å². The highest BCUT2D eigenvalue weighted by atomic mass is 35.5. The molecule has 0 unspecified atom stereocenters. The van der Waals surface area contributed by atoms with Crippen LogP contribution in [-0.4, -0.2) is 27.7 Å². The lowest BCUT2D eigenvalue weighted by Crippen LogP contribution is -2.48. The Labute approximate surface area is 180 Å². The Morgan fingerprint density at radius 1 is 1.16 bits per heavy atom. The summed E-state index contributed by atoms with van der Waals surface area (Å²) in [4.78, 5) is 29.2. The molecule has 1 amide bonds. The van der Waals surface area contributed by atoms with Crippen molar-refractivity contribution in [1.29, 1.82) is 0 Å². The molecule has 1 aliphatic carbocycles. The molecule has 2 heterocycles. The van der Waals surface area contributed by atoms with Gasteiger partial charge in [-0.05, 0) is 30.9 Å². The van der Waals surface area contributed by atoms with Gasteiger partial charge in [-0.2, -0.15) is 13.2 Å². The first-order chi connectivity index (χ1) is 15.0. The number of halogens is 7. The summed E-state index contributed by atoms with van der Waals surface area (Å²) in [6, 6.07) is -0.258. The van der Waals surface area contributed by atoms with Crippen LogP contribution in [0.3, 0.4) is 0 Å². The zero-order chi connectivity index (χ0) is 23.4. The molecule has 168 valence electrons. The summed E-state index contributed by atoms with van der Waals surface area (Å²) in [6.07, 6.45) is -2.81. The monoisotopic (exact) mass is 475 g/mol. The number of pyridine rings is 2. The van der Waals surface area contributed by atoms with Gasteiger partial charge in [0.05, 0.1) is 16.6 Å². The van der Waals surface area contributed by atoms with E-state index in [2.05, 4.69) is 4.98 Å². The van der Waals surface area contributed by atoms with Gasteiger partial charge in [-0.1, -0.05) is 11.6 Å². The molecular weight excluding hydrogens is 464 g/mol. The molecule has 12 heteroatoms. The molecule has 0 aliphatic heterocycles. The van der Waals surface area contributed by atoms with Crippen LogP contribution >= 0.6 is 11.6 Å². The molecule has 3 aromatic rings. The molecular formula is C20H12ClF6N3O2. The highest BCUT2D eigenvalue weighted by molar-refractivity contribution is 6.32. The van der Waals surface area contributed by atoms with Crippen LogP contribution in [0.2, 0.25) is 5.02 Å². The number of nitrogens with zero attached hydrogens (tertiary/aromatic N) is 2. The van der Waals surface area contributed by atoms with E-state index in [1.807, 2.05) is 0 Å². The summed E-state index contributed by atoms with van der Waals surface area (Å²) in [6.45, 7) is 0. The summed E-state index contributed by atoms with van der Waals surface area (Å²) < 4.78 is 82.5. The molecule has 1 N–H and O–H groups in total. The van der Waals surface area contributed by atoms with Crippen LogP contribution in [0.25, 0.3) is 16.7 Å². The SMILES string of the molecule is O=C(N[C@@H](C1CC1)C(F)(F)F)c1cn(-c2c(F)cc(F)cc2Cl)c2ncc(F)cc2c1=O. The predicted molar refractivity (Wildman–Crippen MR) is 102 cm³/mol. The minimum absolute atomic E-state index is 0.248. The fourth-order valence-corrected chi connectivity index (χ4v) is 3.68. The zero-order valence-electron chi connectivity index (χ0n) is 15.8. The van der Waals surface area contributed by atoms with E-state index in [-0.39, 0.29) is 18.5 Å². The van der Waals surface area contributed by atoms with Gasteiger partial charge in [0.1, 0.15) is 34.6 Å². The molecule has 0 radical (unpaired) electrons. The van der Waals surface area contributed by atoms with E-state index < -0.39 is 68.6 Å². The van der Waals surface area contributed by atoms with Crippen LogP contribution in [0, 0.1) is 23.4 Å². The smallest absolute Gasteiger partial charge is 0.340 e. The number of carbonyl (C=O) groups is 1. The average Bonchev–Trinajstić information content (AvgIpc) is 3.51. The van der Waals surface area contributed by atoms with E-state index in [0.29, 0.717) is 18.3 Å². The van der Waals surface area contributed by atoms with E-state index in [9.17, 15) is 35.9 Å². The number of hydrogen-bond donors (Lipinski definition) is 1. The third kappa shape index (κ3) is 4.04. The number of benzene rings is 1. The number of nitrogens with one attached hydrogen (secondary N) is 1. The molecule has 0 bridgehead atoms. The van der Waals surface area contributed by atoms with Crippen LogP contribution in [0.4, 0.5) is 26.3 Å². The van der Waals surface area contributed by atoms with Crippen molar-refractivity contribution in [3.05, 3.63) is 68.9 Å². The molecule has 4 rings (SSSR count). The van der Waals surface area contributed by atoms with E-state index in [1.165, 1.54) is 0 Å². The summed E-state index contributed by atoms with van der Waals surface area (Å²) in [7, 11) is 0. The molecule has 0 saturated heterocycles. The Morgan fingerprint density at radius 3 is 2.44 bits per heavy atom. The first-order valence-corrected chi connectivity index (χ1v) is 9.58. The zero-order valence-corrected chi connectivity index (χ0v) is 16.6. The van der Waals surface area contributed by atoms with Gasteiger partial charge in [-0.3, -0.25) is 14.2 Å². The predicted octanol–water partition coefficient (Wildman–Crippen LogP) is 4.53. The fraction of sp³-hybridized carbons (Fsp3) is 0.250. The van der Waals surface area contributed by atoms with Crippen LogP contribution < -0.4 is 10.7 Å².